The highest BCUT2D eigenvalue weighted by Gasteiger charge is 2.69. The summed E-state index contributed by atoms with van der Waals surface area (Å²) < 4.78 is 0. The van der Waals surface area contributed by atoms with E-state index in [9.17, 15) is 9.59 Å². The van der Waals surface area contributed by atoms with Crippen molar-refractivity contribution in [3.05, 3.63) is 0 Å². The molecule has 1 aliphatic rings. The summed E-state index contributed by atoms with van der Waals surface area (Å²) in [6, 6.07) is 0. The van der Waals surface area contributed by atoms with E-state index in [1.807, 2.05) is 0 Å². The van der Waals surface area contributed by atoms with Crippen LogP contribution in [0, 0.1) is 0 Å². The number of carboxylic acid groups (broad SMARTS) is 1. The summed E-state index contributed by atoms with van der Waals surface area (Å²) in [6.07, 6.45) is 0. The molecule has 0 amide bonds. The maximum atomic E-state index is 10.3. The van der Waals surface area contributed by atoms with Crippen molar-refractivity contribution in [2.45, 2.75) is 5.28 Å². The van der Waals surface area contributed by atoms with Gasteiger partial charge in [-0.1, -0.05) is 0 Å². The summed E-state index contributed by atoms with van der Waals surface area (Å²) in [5.41, 5.74) is 4.15. The van der Waals surface area contributed by atoms with Crippen molar-refractivity contribution in [1.82, 2.24) is 0 Å². The van der Waals surface area contributed by atoms with Crippen LogP contribution in [0.4, 0.5) is 0 Å². The lowest BCUT2D eigenvalue weighted by atomic mass is 10.4. The number of hydrogen-bond donors (Lipinski definition) is 3. The van der Waals surface area contributed by atoms with Crippen LogP contribution in [-0.4, -0.2) is 26.8 Å². The Balaban J connectivity index is 2.83. The molecule has 1 saturated heterocycles. The van der Waals surface area contributed by atoms with Crippen LogP contribution < -0.4 is 5.73 Å². The Kier molecular flexibility index (Phi) is 1.10. The standard InChI is InChI=1S/C3H4NO4P/c4-3(1(5)6)2(7)9(3)8/h8H,4H2,(H,5,6)/t3-,9?/m0/s1. The predicted octanol–water partition coefficient (Wildman–Crippen LogP) is -1.34. The molecule has 9 heavy (non-hydrogen) atoms. The Bertz CT molecular complexity index is 182. The summed E-state index contributed by atoms with van der Waals surface area (Å²) >= 11 is 0. The summed E-state index contributed by atoms with van der Waals surface area (Å²) in [6.45, 7) is 0. The van der Waals surface area contributed by atoms with Crippen LogP contribution in [0.15, 0.2) is 0 Å². The summed E-state index contributed by atoms with van der Waals surface area (Å²) in [5.74, 6) is -1.44. The van der Waals surface area contributed by atoms with E-state index in [-0.39, 0.29) is 0 Å². The average molecular weight is 149 g/mol. The molecule has 1 unspecified atom stereocenters. The molecule has 5 nitrogen and oxygen atoms in total. The lowest BCUT2D eigenvalue weighted by Crippen LogP contribution is -2.34. The van der Waals surface area contributed by atoms with Crippen LogP contribution in [0.5, 0.6) is 0 Å². The van der Waals surface area contributed by atoms with Crippen LogP contribution >= 0.6 is 8.15 Å². The molecule has 1 rings (SSSR count). The first-order chi connectivity index (χ1) is 4.01. The molecule has 1 heterocycles. The molecular weight excluding hydrogens is 145 g/mol. The molecule has 0 bridgehead atoms. The van der Waals surface area contributed by atoms with Gasteiger partial charge in [-0.25, -0.2) is 4.79 Å². The fraction of sp³-hybridized carbons (Fsp3) is 0.333. The molecule has 4 N–H and O–H groups in total. The summed E-state index contributed by atoms with van der Waals surface area (Å²) in [7, 11) is -2.08. The van der Waals surface area contributed by atoms with E-state index in [1.165, 1.54) is 0 Å². The predicted molar refractivity (Wildman–Crippen MR) is 28.7 cm³/mol. The molecule has 1 aliphatic heterocycles. The minimum absolute atomic E-state index is 0.759. The van der Waals surface area contributed by atoms with Gasteiger partial charge in [0.05, 0.1) is 0 Å². The first-order valence-corrected chi connectivity index (χ1v) is 3.36. The van der Waals surface area contributed by atoms with Gasteiger partial charge in [0, 0.05) is 0 Å². The molecule has 0 aromatic heterocycles. The van der Waals surface area contributed by atoms with Gasteiger partial charge in [-0.3, -0.25) is 4.79 Å². The fourth-order valence-electron chi connectivity index (χ4n) is 0.411. The van der Waals surface area contributed by atoms with E-state index >= 15 is 0 Å². The fourth-order valence-corrected chi connectivity index (χ4v) is 1.28. The zero-order valence-corrected chi connectivity index (χ0v) is 5.13. The second kappa shape index (κ2) is 1.50. The van der Waals surface area contributed by atoms with Gasteiger partial charge in [0.15, 0.2) is 0 Å². The molecule has 0 aliphatic carbocycles. The smallest absolute Gasteiger partial charge is 0.339 e. The molecule has 0 saturated carbocycles. The molecule has 6 heteroatoms. The van der Waals surface area contributed by atoms with E-state index in [2.05, 4.69) is 0 Å². The number of aliphatic carboxylic acids is 1. The second-order valence-corrected chi connectivity index (χ2v) is 3.42. The maximum absolute atomic E-state index is 10.3. The highest BCUT2D eigenvalue weighted by atomic mass is 31.2. The first kappa shape index (κ1) is 6.61. The number of nitrogens with two attached hydrogens (primary N) is 1. The highest BCUT2D eigenvalue weighted by molar-refractivity contribution is 7.86. The SMILES string of the molecule is N[C@]1(C(=O)O)C(=O)P1O. The Morgan fingerprint density at radius 3 is 2.11 bits per heavy atom. The summed E-state index contributed by atoms with van der Waals surface area (Å²) in [5, 5.41) is 6.23. The second-order valence-electron chi connectivity index (χ2n) is 1.69. The molecule has 0 aromatic carbocycles. The van der Waals surface area contributed by atoms with Gasteiger partial charge in [0.25, 0.3) is 0 Å². The van der Waals surface area contributed by atoms with Crippen molar-refractivity contribution in [2.24, 2.45) is 5.73 Å². The van der Waals surface area contributed by atoms with Gasteiger partial charge in [0.1, 0.15) is 8.15 Å². The van der Waals surface area contributed by atoms with Gasteiger partial charge >= 0.3 is 5.97 Å². The van der Waals surface area contributed by atoms with E-state index < -0.39 is 24.9 Å². The van der Waals surface area contributed by atoms with Crippen molar-refractivity contribution in [3.8, 4) is 0 Å². The van der Waals surface area contributed by atoms with Crippen molar-refractivity contribution in [3.63, 3.8) is 0 Å². The van der Waals surface area contributed by atoms with Crippen LogP contribution in [0.2, 0.25) is 0 Å². The Morgan fingerprint density at radius 2 is 2.11 bits per heavy atom. The van der Waals surface area contributed by atoms with Gasteiger partial charge in [0.2, 0.25) is 10.8 Å². The van der Waals surface area contributed by atoms with Gasteiger partial charge < -0.3 is 15.7 Å². The average Bonchev–Trinajstić information content (AvgIpc) is 2.22. The van der Waals surface area contributed by atoms with E-state index in [0.29, 0.717) is 0 Å². The number of carbonyl (C=O) groups is 2. The Labute approximate surface area is 51.3 Å². The topological polar surface area (TPSA) is 101 Å². The lowest BCUT2D eigenvalue weighted by Gasteiger charge is -1.93. The van der Waals surface area contributed by atoms with Crippen molar-refractivity contribution in [1.29, 1.82) is 0 Å². The minimum Gasteiger partial charge on any atom is -0.479 e. The monoisotopic (exact) mass is 149 g/mol. The largest absolute Gasteiger partial charge is 0.479 e. The van der Waals surface area contributed by atoms with Gasteiger partial charge in [-0.2, -0.15) is 0 Å². The zero-order valence-electron chi connectivity index (χ0n) is 4.24. The van der Waals surface area contributed by atoms with Crippen molar-refractivity contribution >= 4 is 19.6 Å². The first-order valence-electron chi connectivity index (χ1n) is 2.07. The molecular formula is C3H4NO4P. The lowest BCUT2D eigenvalue weighted by molar-refractivity contribution is -0.140. The molecule has 50 valence electrons. The maximum Gasteiger partial charge on any atom is 0.339 e. The molecule has 0 spiro atoms. The van der Waals surface area contributed by atoms with Crippen LogP contribution in [-0.2, 0) is 9.59 Å². The number of carboxylic acids is 1. The third kappa shape index (κ3) is 0.594. The summed E-state index contributed by atoms with van der Waals surface area (Å²) in [4.78, 5) is 28.8. The molecule has 0 aromatic rings. The Morgan fingerprint density at radius 1 is 1.78 bits per heavy atom. The highest BCUT2D eigenvalue weighted by Crippen LogP contribution is 2.63. The number of hydrogen-bond acceptors (Lipinski definition) is 4. The van der Waals surface area contributed by atoms with Gasteiger partial charge in [-0.15, -0.1) is 0 Å². The van der Waals surface area contributed by atoms with E-state index in [1.54, 1.807) is 0 Å². The van der Waals surface area contributed by atoms with Crippen molar-refractivity contribution in [2.75, 3.05) is 0 Å². The van der Waals surface area contributed by atoms with Crippen LogP contribution in [0.25, 0.3) is 0 Å². The third-order valence-corrected chi connectivity index (χ3v) is 2.70. The molecule has 1 fully saturated rings. The number of rotatable bonds is 1. The zero-order chi connectivity index (χ0) is 7.23. The van der Waals surface area contributed by atoms with Crippen LogP contribution in [0.1, 0.15) is 0 Å². The van der Waals surface area contributed by atoms with E-state index in [0.717, 1.165) is 0 Å². The minimum atomic E-state index is -2.08. The Hall–Kier alpha value is -0.510. The van der Waals surface area contributed by atoms with Gasteiger partial charge in [-0.05, 0) is 0 Å². The third-order valence-electron chi connectivity index (χ3n) is 1.13. The quantitative estimate of drug-likeness (QED) is 0.316. The molecule has 2 atom stereocenters. The number of carbonyl (C=O) groups excluding carboxylic acids is 1. The van der Waals surface area contributed by atoms with E-state index in [4.69, 9.17) is 15.7 Å². The normalized spacial score (nSPS) is 40.7. The molecule has 0 radical (unpaired) electrons. The van der Waals surface area contributed by atoms with Crippen LogP contribution in [0.3, 0.4) is 0 Å². The van der Waals surface area contributed by atoms with Crippen molar-refractivity contribution < 1.29 is 19.6 Å².